The van der Waals surface area contributed by atoms with Crippen molar-refractivity contribution in [2.24, 2.45) is 0 Å². The molecule has 0 fully saturated rings. The number of ether oxygens (including phenoxy) is 2. The number of hydrogen-bond donors (Lipinski definition) is 0. The molecule has 0 bridgehead atoms. The van der Waals surface area contributed by atoms with E-state index >= 15 is 0 Å². The number of nitrogens with zero attached hydrogens (tertiary/aromatic N) is 2. The molecule has 0 aliphatic heterocycles. The minimum absolute atomic E-state index is 0.0378. The summed E-state index contributed by atoms with van der Waals surface area (Å²) in [4.78, 5) is 24.4. The van der Waals surface area contributed by atoms with Gasteiger partial charge in [0.25, 0.3) is 0 Å². The first-order valence-electron chi connectivity index (χ1n) is 5.24. The predicted molar refractivity (Wildman–Crippen MR) is 58.3 cm³/mol. The Kier molecular flexibility index (Phi) is 4.48. The van der Waals surface area contributed by atoms with Crippen molar-refractivity contribution in [3.63, 3.8) is 0 Å². The molecule has 1 aromatic heterocycles. The van der Waals surface area contributed by atoms with Gasteiger partial charge in [-0.2, -0.15) is 0 Å². The largest absolute Gasteiger partial charge is 0.575 e. The molecule has 1 heterocycles. The first-order chi connectivity index (χ1) is 9.15. The van der Waals surface area contributed by atoms with Crippen LogP contribution in [0.5, 0.6) is 5.88 Å². The van der Waals surface area contributed by atoms with Gasteiger partial charge in [0.2, 0.25) is 0 Å². The highest BCUT2D eigenvalue weighted by molar-refractivity contribution is 5.92. The molecule has 0 atom stereocenters. The Morgan fingerprint density at radius 1 is 1.50 bits per heavy atom. The first-order valence-corrected chi connectivity index (χ1v) is 5.24. The molecule has 0 amide bonds. The lowest BCUT2D eigenvalue weighted by molar-refractivity contribution is -0.390. The van der Waals surface area contributed by atoms with E-state index < -0.39 is 34.5 Å². The second kappa shape index (κ2) is 5.72. The van der Waals surface area contributed by atoms with Crippen molar-refractivity contribution in [3.05, 3.63) is 27.3 Å². The smallest absolute Gasteiger partial charge is 0.462 e. The Labute approximate surface area is 110 Å². The fourth-order valence-electron chi connectivity index (χ4n) is 1.34. The number of halogens is 3. The van der Waals surface area contributed by atoms with Gasteiger partial charge in [0, 0.05) is 11.1 Å². The summed E-state index contributed by atoms with van der Waals surface area (Å²) in [5.41, 5.74) is -0.615. The van der Waals surface area contributed by atoms with Gasteiger partial charge in [-0.1, -0.05) is 0 Å². The van der Waals surface area contributed by atoms with E-state index in [9.17, 15) is 28.1 Å². The number of esters is 1. The van der Waals surface area contributed by atoms with Crippen molar-refractivity contribution in [2.75, 3.05) is 6.61 Å². The molecule has 0 unspecified atom stereocenters. The van der Waals surface area contributed by atoms with Crippen molar-refractivity contribution in [2.45, 2.75) is 20.2 Å². The minimum Gasteiger partial charge on any atom is -0.462 e. The van der Waals surface area contributed by atoms with Crippen LogP contribution >= 0.6 is 0 Å². The van der Waals surface area contributed by atoms with Crippen molar-refractivity contribution in [1.29, 1.82) is 0 Å². The van der Waals surface area contributed by atoms with Crippen LogP contribution in [0.15, 0.2) is 6.07 Å². The van der Waals surface area contributed by atoms with Crippen LogP contribution in [0.25, 0.3) is 0 Å². The van der Waals surface area contributed by atoms with Crippen LogP contribution in [-0.2, 0) is 4.74 Å². The topological polar surface area (TPSA) is 91.6 Å². The van der Waals surface area contributed by atoms with Crippen LogP contribution in [-0.4, -0.2) is 28.8 Å². The molecule has 110 valence electrons. The lowest BCUT2D eigenvalue weighted by atomic mass is 10.1. The van der Waals surface area contributed by atoms with Gasteiger partial charge in [-0.05, 0) is 18.8 Å². The van der Waals surface area contributed by atoms with Crippen LogP contribution in [0.4, 0.5) is 19.0 Å². The monoisotopic (exact) mass is 294 g/mol. The Hall–Kier alpha value is -2.39. The fraction of sp³-hybridized carbons (Fsp3) is 0.400. The summed E-state index contributed by atoms with van der Waals surface area (Å²) < 4.78 is 44.4. The lowest BCUT2D eigenvalue weighted by Crippen LogP contribution is -2.19. The Balaban J connectivity index is 3.35. The quantitative estimate of drug-likeness (QED) is 0.481. The predicted octanol–water partition coefficient (Wildman–Crippen LogP) is 2.37. The van der Waals surface area contributed by atoms with Gasteiger partial charge >= 0.3 is 24.0 Å². The zero-order chi connectivity index (χ0) is 15.5. The number of carbonyl (C=O) groups is 1. The molecule has 0 aromatic carbocycles. The van der Waals surface area contributed by atoms with Gasteiger partial charge < -0.3 is 19.6 Å². The van der Waals surface area contributed by atoms with Crippen LogP contribution in [0.2, 0.25) is 0 Å². The standard InChI is InChI=1S/C10H9F3N2O5/c1-3-19-9(16)6-4-7(20-10(11,12)13)14-8(5(6)2)15(17)18/h4H,3H2,1-2H3. The summed E-state index contributed by atoms with van der Waals surface area (Å²) in [6, 6.07) is 0.647. The number of alkyl halides is 3. The van der Waals surface area contributed by atoms with E-state index in [0.717, 1.165) is 0 Å². The molecule has 7 nitrogen and oxygen atoms in total. The van der Waals surface area contributed by atoms with Crippen molar-refractivity contribution < 1.29 is 32.4 Å². The summed E-state index contributed by atoms with van der Waals surface area (Å²) in [6.45, 7) is 2.62. The number of hydrogen-bond acceptors (Lipinski definition) is 6. The van der Waals surface area contributed by atoms with Crippen LogP contribution in [0.3, 0.4) is 0 Å². The third-order valence-electron chi connectivity index (χ3n) is 2.11. The SMILES string of the molecule is CCOC(=O)c1cc(OC(F)(F)F)nc([N+](=O)[O-])c1C. The van der Waals surface area contributed by atoms with Crippen LogP contribution in [0.1, 0.15) is 22.8 Å². The van der Waals surface area contributed by atoms with Crippen LogP contribution < -0.4 is 4.74 Å². The molecule has 1 rings (SSSR count). The van der Waals surface area contributed by atoms with E-state index in [-0.39, 0.29) is 12.2 Å². The van der Waals surface area contributed by atoms with E-state index in [1.165, 1.54) is 13.8 Å². The summed E-state index contributed by atoms with van der Waals surface area (Å²) in [6.07, 6.45) is -5.08. The van der Waals surface area contributed by atoms with E-state index in [1.54, 1.807) is 0 Å². The molecule has 1 aromatic rings. The molecular formula is C10H9F3N2O5. The zero-order valence-electron chi connectivity index (χ0n) is 10.4. The first kappa shape index (κ1) is 15.7. The summed E-state index contributed by atoms with van der Waals surface area (Å²) in [5.74, 6) is -3.00. The Bertz CT molecular complexity index is 544. The van der Waals surface area contributed by atoms with Gasteiger partial charge in [0.05, 0.1) is 17.7 Å². The van der Waals surface area contributed by atoms with E-state index in [2.05, 4.69) is 14.5 Å². The maximum atomic E-state index is 12.1. The molecule has 20 heavy (non-hydrogen) atoms. The third kappa shape index (κ3) is 3.80. The highest BCUT2D eigenvalue weighted by Crippen LogP contribution is 2.28. The van der Waals surface area contributed by atoms with E-state index in [1.807, 2.05) is 0 Å². The summed E-state index contributed by atoms with van der Waals surface area (Å²) in [5, 5.41) is 10.7. The zero-order valence-corrected chi connectivity index (χ0v) is 10.4. The molecule has 10 heteroatoms. The van der Waals surface area contributed by atoms with Gasteiger partial charge in [-0.25, -0.2) is 4.79 Å². The summed E-state index contributed by atoms with van der Waals surface area (Å²) >= 11 is 0. The molecule has 0 N–H and O–H groups in total. The van der Waals surface area contributed by atoms with Gasteiger partial charge in [-0.15, -0.1) is 13.2 Å². The Morgan fingerprint density at radius 2 is 2.10 bits per heavy atom. The number of nitro groups is 1. The highest BCUT2D eigenvalue weighted by atomic mass is 19.4. The average molecular weight is 294 g/mol. The maximum absolute atomic E-state index is 12.1. The normalized spacial score (nSPS) is 11.1. The molecule has 0 aliphatic rings. The second-order valence-corrected chi connectivity index (χ2v) is 3.48. The van der Waals surface area contributed by atoms with Crippen LogP contribution in [0, 0.1) is 17.0 Å². The van der Waals surface area contributed by atoms with E-state index in [4.69, 9.17) is 0 Å². The molecule has 0 saturated heterocycles. The fourth-order valence-corrected chi connectivity index (χ4v) is 1.34. The van der Waals surface area contributed by atoms with Gasteiger partial charge in [-0.3, -0.25) is 0 Å². The average Bonchev–Trinajstić information content (AvgIpc) is 2.29. The molecular weight excluding hydrogens is 285 g/mol. The van der Waals surface area contributed by atoms with Gasteiger partial charge in [0.1, 0.15) is 0 Å². The molecule has 0 spiro atoms. The lowest BCUT2D eigenvalue weighted by Gasteiger charge is -2.09. The highest BCUT2D eigenvalue weighted by Gasteiger charge is 2.35. The summed E-state index contributed by atoms with van der Waals surface area (Å²) in [7, 11) is 0. The van der Waals surface area contributed by atoms with E-state index in [0.29, 0.717) is 6.07 Å². The van der Waals surface area contributed by atoms with Gasteiger partial charge in [0.15, 0.2) is 0 Å². The third-order valence-corrected chi connectivity index (χ3v) is 2.11. The van der Waals surface area contributed by atoms with Crippen molar-refractivity contribution in [3.8, 4) is 5.88 Å². The van der Waals surface area contributed by atoms with Crippen molar-refractivity contribution >= 4 is 11.8 Å². The molecule has 0 saturated carbocycles. The molecule has 0 aliphatic carbocycles. The minimum atomic E-state index is -5.08. The maximum Gasteiger partial charge on any atom is 0.575 e. The number of carbonyl (C=O) groups excluding carboxylic acids is 1. The second-order valence-electron chi connectivity index (χ2n) is 3.48. The molecule has 0 radical (unpaired) electrons. The number of pyridine rings is 1. The number of rotatable bonds is 4. The Morgan fingerprint density at radius 3 is 2.55 bits per heavy atom. The van der Waals surface area contributed by atoms with Crippen molar-refractivity contribution in [1.82, 2.24) is 4.98 Å². The number of aromatic nitrogens is 1.